The number of aromatic nitrogens is 4. The molecular formula is C21H17N5O. The molecular weight excluding hydrogens is 338 g/mol. The lowest BCUT2D eigenvalue weighted by Crippen LogP contribution is -2.26. The van der Waals surface area contributed by atoms with Crippen LogP contribution in [0.5, 0.6) is 0 Å². The summed E-state index contributed by atoms with van der Waals surface area (Å²) >= 11 is 0. The molecule has 0 bridgehead atoms. The molecule has 0 aliphatic carbocycles. The Hall–Kier alpha value is -3.54. The topological polar surface area (TPSA) is 72.7 Å². The summed E-state index contributed by atoms with van der Waals surface area (Å²) in [4.78, 5) is 17.0. The Morgan fingerprint density at radius 3 is 2.78 bits per heavy atom. The van der Waals surface area contributed by atoms with Crippen molar-refractivity contribution in [1.82, 2.24) is 25.1 Å². The summed E-state index contributed by atoms with van der Waals surface area (Å²) in [6, 6.07) is 19.6. The summed E-state index contributed by atoms with van der Waals surface area (Å²) in [5.74, 6) is 1.44. The molecule has 132 valence electrons. The van der Waals surface area contributed by atoms with Crippen molar-refractivity contribution in [3.8, 4) is 5.69 Å². The van der Waals surface area contributed by atoms with Crippen LogP contribution in [-0.4, -0.2) is 25.7 Å². The summed E-state index contributed by atoms with van der Waals surface area (Å²) in [5, 5.41) is 12.5. The molecule has 1 aliphatic heterocycles. The molecule has 6 heteroatoms. The second kappa shape index (κ2) is 6.32. The molecule has 0 saturated carbocycles. The average molecular weight is 355 g/mol. The van der Waals surface area contributed by atoms with E-state index in [1.54, 1.807) is 6.07 Å². The minimum Gasteiger partial charge on any atom is -0.343 e. The fourth-order valence-electron chi connectivity index (χ4n) is 3.54. The molecule has 0 unspecified atom stereocenters. The number of hydrogen-bond acceptors (Lipinski definition) is 4. The number of para-hydroxylation sites is 2. The van der Waals surface area contributed by atoms with E-state index in [2.05, 4.69) is 32.6 Å². The van der Waals surface area contributed by atoms with Gasteiger partial charge in [-0.25, -0.2) is 4.98 Å². The van der Waals surface area contributed by atoms with E-state index in [0.29, 0.717) is 12.2 Å². The molecule has 0 saturated heterocycles. The van der Waals surface area contributed by atoms with E-state index < -0.39 is 0 Å². The van der Waals surface area contributed by atoms with Crippen LogP contribution >= 0.6 is 0 Å². The Kier molecular flexibility index (Phi) is 3.67. The van der Waals surface area contributed by atoms with Crippen molar-refractivity contribution in [3.05, 3.63) is 83.6 Å². The van der Waals surface area contributed by atoms with Gasteiger partial charge < -0.3 is 5.32 Å². The van der Waals surface area contributed by atoms with E-state index in [-0.39, 0.29) is 5.91 Å². The first-order chi connectivity index (χ1) is 13.3. The zero-order valence-electron chi connectivity index (χ0n) is 14.6. The third-order valence-electron chi connectivity index (χ3n) is 4.89. The van der Waals surface area contributed by atoms with Crippen molar-refractivity contribution < 1.29 is 4.79 Å². The predicted molar refractivity (Wildman–Crippen MR) is 102 cm³/mol. The maximum atomic E-state index is 12.6. The van der Waals surface area contributed by atoms with Crippen LogP contribution in [0.4, 0.5) is 0 Å². The molecule has 27 heavy (non-hydrogen) atoms. The molecule has 1 N–H and O–H groups in total. The number of nitrogens with zero attached hydrogens (tertiary/aromatic N) is 4. The minimum absolute atomic E-state index is 0.220. The van der Waals surface area contributed by atoms with Crippen LogP contribution in [0.3, 0.4) is 0 Å². The van der Waals surface area contributed by atoms with Gasteiger partial charge in [0.2, 0.25) is 0 Å². The second-order valence-electron chi connectivity index (χ2n) is 6.57. The highest BCUT2D eigenvalue weighted by molar-refractivity contribution is 5.94. The Bertz CT molecular complexity index is 1160. The second-order valence-corrected chi connectivity index (χ2v) is 6.57. The monoisotopic (exact) mass is 355 g/mol. The maximum Gasteiger partial charge on any atom is 0.270 e. The van der Waals surface area contributed by atoms with Crippen LogP contribution in [0.1, 0.15) is 27.7 Å². The average Bonchev–Trinajstić information content (AvgIpc) is 3.15. The van der Waals surface area contributed by atoms with Crippen molar-refractivity contribution >= 4 is 16.8 Å². The van der Waals surface area contributed by atoms with Gasteiger partial charge in [0.05, 0.1) is 17.7 Å². The molecule has 0 spiro atoms. The number of fused-ring (bicyclic) bond motifs is 4. The number of amides is 1. The van der Waals surface area contributed by atoms with Crippen LogP contribution in [0.25, 0.3) is 16.6 Å². The Morgan fingerprint density at radius 2 is 1.81 bits per heavy atom. The van der Waals surface area contributed by atoms with Crippen molar-refractivity contribution in [2.45, 2.75) is 19.4 Å². The van der Waals surface area contributed by atoms with Crippen molar-refractivity contribution in [3.63, 3.8) is 0 Å². The Morgan fingerprint density at radius 1 is 0.963 bits per heavy atom. The van der Waals surface area contributed by atoms with Crippen LogP contribution < -0.4 is 5.32 Å². The van der Waals surface area contributed by atoms with Gasteiger partial charge in [0.25, 0.3) is 5.91 Å². The molecule has 1 aliphatic rings. The molecule has 5 rings (SSSR count). The SMILES string of the molecule is O=C(NCc1nnc2n1-c1ccccc1CC2)c1ccc2ccccc2n1. The summed E-state index contributed by atoms with van der Waals surface area (Å²) in [5.41, 5.74) is 3.57. The van der Waals surface area contributed by atoms with Gasteiger partial charge in [-0.15, -0.1) is 10.2 Å². The van der Waals surface area contributed by atoms with E-state index in [9.17, 15) is 4.79 Å². The Labute approximate surface area is 155 Å². The number of carbonyl (C=O) groups is 1. The fraction of sp³-hybridized carbons (Fsp3) is 0.143. The van der Waals surface area contributed by atoms with Crippen molar-refractivity contribution in [2.24, 2.45) is 0 Å². The first-order valence-corrected chi connectivity index (χ1v) is 8.95. The van der Waals surface area contributed by atoms with Crippen LogP contribution in [-0.2, 0) is 19.4 Å². The lowest BCUT2D eigenvalue weighted by Gasteiger charge is -2.19. The highest BCUT2D eigenvalue weighted by Crippen LogP contribution is 2.24. The van der Waals surface area contributed by atoms with Crippen molar-refractivity contribution in [2.75, 3.05) is 0 Å². The normalized spacial score (nSPS) is 12.4. The number of hydrogen-bond donors (Lipinski definition) is 1. The standard InChI is InChI=1S/C21H17N5O/c27-21(17-11-9-14-5-1-3-7-16(14)23-17)22-13-20-25-24-19-12-10-15-6-2-4-8-18(15)26(19)20/h1-9,11H,10,12-13H2,(H,22,27). The molecule has 0 radical (unpaired) electrons. The maximum absolute atomic E-state index is 12.6. The highest BCUT2D eigenvalue weighted by Gasteiger charge is 2.21. The molecule has 2 aromatic heterocycles. The number of benzene rings is 2. The molecule has 0 fully saturated rings. The molecule has 4 aromatic rings. The Balaban J connectivity index is 1.39. The summed E-state index contributed by atoms with van der Waals surface area (Å²) in [7, 11) is 0. The fourth-order valence-corrected chi connectivity index (χ4v) is 3.54. The summed E-state index contributed by atoms with van der Waals surface area (Å²) < 4.78 is 2.05. The minimum atomic E-state index is -0.220. The quantitative estimate of drug-likeness (QED) is 0.613. The molecule has 1 amide bonds. The summed E-state index contributed by atoms with van der Waals surface area (Å²) in [6.45, 7) is 0.300. The number of rotatable bonds is 3. The zero-order valence-corrected chi connectivity index (χ0v) is 14.6. The van der Waals surface area contributed by atoms with Gasteiger partial charge in [0.15, 0.2) is 5.82 Å². The van der Waals surface area contributed by atoms with E-state index in [0.717, 1.165) is 41.1 Å². The van der Waals surface area contributed by atoms with Gasteiger partial charge in [-0.3, -0.25) is 9.36 Å². The molecule has 6 nitrogen and oxygen atoms in total. The largest absolute Gasteiger partial charge is 0.343 e. The zero-order chi connectivity index (χ0) is 18.2. The molecule has 3 heterocycles. The van der Waals surface area contributed by atoms with E-state index in [1.807, 2.05) is 47.0 Å². The number of pyridine rings is 1. The number of carbonyl (C=O) groups excluding carboxylic acids is 1. The molecule has 0 atom stereocenters. The number of aryl methyl sites for hydroxylation is 2. The van der Waals surface area contributed by atoms with Crippen LogP contribution in [0.2, 0.25) is 0 Å². The van der Waals surface area contributed by atoms with Gasteiger partial charge in [-0.1, -0.05) is 42.5 Å². The smallest absolute Gasteiger partial charge is 0.270 e. The molecule has 2 aromatic carbocycles. The van der Waals surface area contributed by atoms with Gasteiger partial charge in [0, 0.05) is 11.8 Å². The predicted octanol–water partition coefficient (Wildman–Crippen LogP) is 2.84. The van der Waals surface area contributed by atoms with Gasteiger partial charge in [-0.05, 0) is 30.2 Å². The van der Waals surface area contributed by atoms with Crippen molar-refractivity contribution in [1.29, 1.82) is 0 Å². The first-order valence-electron chi connectivity index (χ1n) is 8.95. The van der Waals surface area contributed by atoms with E-state index in [4.69, 9.17) is 0 Å². The lowest BCUT2D eigenvalue weighted by molar-refractivity contribution is 0.0945. The summed E-state index contributed by atoms with van der Waals surface area (Å²) in [6.07, 6.45) is 1.81. The third-order valence-corrected chi connectivity index (χ3v) is 4.89. The third kappa shape index (κ3) is 2.75. The highest BCUT2D eigenvalue weighted by atomic mass is 16.1. The van der Waals surface area contributed by atoms with Crippen LogP contribution in [0, 0.1) is 0 Å². The first kappa shape index (κ1) is 15.7. The van der Waals surface area contributed by atoms with Gasteiger partial charge in [0.1, 0.15) is 11.5 Å². The van der Waals surface area contributed by atoms with Crippen LogP contribution in [0.15, 0.2) is 60.7 Å². The van der Waals surface area contributed by atoms with Gasteiger partial charge in [-0.2, -0.15) is 0 Å². The lowest BCUT2D eigenvalue weighted by atomic mass is 10.0. The van der Waals surface area contributed by atoms with Gasteiger partial charge >= 0.3 is 0 Å². The van der Waals surface area contributed by atoms with E-state index >= 15 is 0 Å². The number of nitrogens with one attached hydrogen (secondary N) is 1. The van der Waals surface area contributed by atoms with E-state index in [1.165, 1.54) is 5.56 Å².